The number of thiophene rings is 1. The maximum Gasteiger partial charge on any atom is 0.135 e. The van der Waals surface area contributed by atoms with Crippen molar-refractivity contribution in [1.29, 1.82) is 0 Å². The number of anilines is 3. The lowest BCUT2D eigenvalue weighted by molar-refractivity contribution is 0.669. The minimum atomic E-state index is -0.515. The molecule has 3 heteroatoms. The first-order chi connectivity index (χ1) is 30.8. The Balaban J connectivity index is 1.07. The summed E-state index contributed by atoms with van der Waals surface area (Å²) in [5, 5.41) is 7.38. The Bertz CT molecular complexity index is 3650. The van der Waals surface area contributed by atoms with Gasteiger partial charge in [0.15, 0.2) is 0 Å². The van der Waals surface area contributed by atoms with E-state index in [1.54, 1.807) is 0 Å². The summed E-state index contributed by atoms with van der Waals surface area (Å²) in [6.07, 6.45) is 0. The number of benzene rings is 10. The second-order valence-electron chi connectivity index (χ2n) is 16.3. The van der Waals surface area contributed by atoms with E-state index in [4.69, 9.17) is 4.42 Å². The summed E-state index contributed by atoms with van der Waals surface area (Å²) < 4.78 is 8.78. The Morgan fingerprint density at radius 3 is 1.82 bits per heavy atom. The fourth-order valence-electron chi connectivity index (χ4n) is 10.5. The molecule has 0 aliphatic heterocycles. The van der Waals surface area contributed by atoms with Crippen LogP contribution in [0.3, 0.4) is 0 Å². The van der Waals surface area contributed by atoms with Gasteiger partial charge < -0.3 is 9.32 Å². The molecule has 0 fully saturated rings. The third-order valence-corrected chi connectivity index (χ3v) is 14.4. The number of furan rings is 1. The molecule has 0 N–H and O–H groups in total. The van der Waals surface area contributed by atoms with Gasteiger partial charge in [-0.2, -0.15) is 0 Å². The number of rotatable bonds is 6. The van der Waals surface area contributed by atoms with Gasteiger partial charge in [0.1, 0.15) is 11.2 Å². The molecule has 62 heavy (non-hydrogen) atoms. The van der Waals surface area contributed by atoms with E-state index in [2.05, 4.69) is 217 Å². The molecular weight excluding hydrogens is 771 g/mol. The predicted octanol–water partition coefficient (Wildman–Crippen LogP) is 16.6. The van der Waals surface area contributed by atoms with Gasteiger partial charge in [-0.3, -0.25) is 0 Å². The van der Waals surface area contributed by atoms with Crippen LogP contribution in [0.5, 0.6) is 0 Å². The zero-order valence-electron chi connectivity index (χ0n) is 33.6. The Labute approximate surface area is 363 Å². The number of fused-ring (bicyclic) bond motifs is 11. The van der Waals surface area contributed by atoms with Crippen LogP contribution in [0.2, 0.25) is 0 Å². The van der Waals surface area contributed by atoms with Gasteiger partial charge in [0.2, 0.25) is 0 Å². The van der Waals surface area contributed by atoms with E-state index in [1.807, 2.05) is 23.5 Å². The largest absolute Gasteiger partial charge is 0.456 e. The molecule has 13 rings (SSSR count). The van der Waals surface area contributed by atoms with Crippen molar-refractivity contribution in [2.75, 3.05) is 4.90 Å². The molecule has 2 heterocycles. The van der Waals surface area contributed by atoms with E-state index >= 15 is 0 Å². The molecule has 0 bridgehead atoms. The van der Waals surface area contributed by atoms with Crippen LogP contribution in [0, 0.1) is 0 Å². The molecule has 2 aromatic heterocycles. The van der Waals surface area contributed by atoms with Crippen molar-refractivity contribution in [2.24, 2.45) is 0 Å². The SMILES string of the molecule is c1ccc(C2(c3ccccc3)c3ccccc3-c3c(N(c4ccc(-c5ccc6oc7ccccc7c6c5)cc4)c4cccc5c4sc4c6ccccc6ccc54)cccc32)cc1. The number of nitrogens with zero attached hydrogens (tertiary/aromatic N) is 1. The van der Waals surface area contributed by atoms with Crippen LogP contribution in [0.25, 0.3) is 75.1 Å². The lowest BCUT2D eigenvalue weighted by Crippen LogP contribution is -2.28. The third-order valence-electron chi connectivity index (χ3n) is 13.1. The van der Waals surface area contributed by atoms with Crippen molar-refractivity contribution < 1.29 is 4.42 Å². The van der Waals surface area contributed by atoms with Gasteiger partial charge >= 0.3 is 0 Å². The lowest BCUT2D eigenvalue weighted by atomic mass is 9.68. The summed E-state index contributed by atoms with van der Waals surface area (Å²) in [6.45, 7) is 0. The molecular formula is C59H37NOS. The molecule has 0 saturated carbocycles. The van der Waals surface area contributed by atoms with Crippen LogP contribution in [-0.2, 0) is 5.41 Å². The smallest absolute Gasteiger partial charge is 0.135 e. The van der Waals surface area contributed by atoms with Crippen molar-refractivity contribution >= 4 is 81.3 Å². The van der Waals surface area contributed by atoms with E-state index in [0.717, 1.165) is 50.1 Å². The second kappa shape index (κ2) is 13.7. The van der Waals surface area contributed by atoms with Crippen LogP contribution in [-0.4, -0.2) is 0 Å². The minimum absolute atomic E-state index is 0.515. The monoisotopic (exact) mass is 807 g/mol. The molecule has 0 saturated heterocycles. The maximum atomic E-state index is 6.20. The fourth-order valence-corrected chi connectivity index (χ4v) is 11.8. The molecule has 1 aliphatic rings. The van der Waals surface area contributed by atoms with Gasteiger partial charge in [0, 0.05) is 37.5 Å². The van der Waals surface area contributed by atoms with Gasteiger partial charge in [-0.05, 0) is 92.2 Å². The van der Waals surface area contributed by atoms with Gasteiger partial charge in [-0.15, -0.1) is 11.3 Å². The number of hydrogen-bond donors (Lipinski definition) is 0. The summed E-state index contributed by atoms with van der Waals surface area (Å²) in [4.78, 5) is 2.53. The third kappa shape index (κ3) is 5.03. The number of hydrogen-bond acceptors (Lipinski definition) is 3. The highest BCUT2D eigenvalue weighted by atomic mass is 32.1. The van der Waals surface area contributed by atoms with Gasteiger partial charge in [-0.25, -0.2) is 0 Å². The zero-order valence-corrected chi connectivity index (χ0v) is 34.4. The molecule has 0 spiro atoms. The highest BCUT2D eigenvalue weighted by molar-refractivity contribution is 7.27. The summed E-state index contributed by atoms with van der Waals surface area (Å²) >= 11 is 1.90. The van der Waals surface area contributed by atoms with E-state index < -0.39 is 5.41 Å². The second-order valence-corrected chi connectivity index (χ2v) is 17.4. The maximum absolute atomic E-state index is 6.20. The van der Waals surface area contributed by atoms with Crippen LogP contribution in [0.4, 0.5) is 17.1 Å². The molecule has 1 aliphatic carbocycles. The standard InChI is InChI=1S/C59H37NOS/c1-3-16-41(17-4-1)59(42-18-5-2-6-19-42)50-24-11-9-22-48(50)56-51(59)25-14-26-52(56)60(53-27-13-23-46-47-35-31-39-15-7-8-20-44(39)57(47)62-58(46)53)43-33-29-38(30-34-43)40-32-36-55-49(37-40)45-21-10-12-28-54(45)61-55/h1-37H. The zero-order chi connectivity index (χ0) is 40.8. The van der Waals surface area contributed by atoms with Crippen molar-refractivity contribution in [1.82, 2.24) is 0 Å². The summed E-state index contributed by atoms with van der Waals surface area (Å²) in [5.41, 5.74) is 14.6. The van der Waals surface area contributed by atoms with E-state index in [0.29, 0.717) is 0 Å². The molecule has 2 nitrogen and oxygen atoms in total. The van der Waals surface area contributed by atoms with Crippen molar-refractivity contribution in [2.45, 2.75) is 5.41 Å². The lowest BCUT2D eigenvalue weighted by Gasteiger charge is -2.34. The Morgan fingerprint density at radius 1 is 0.387 bits per heavy atom. The first-order valence-electron chi connectivity index (χ1n) is 21.2. The van der Waals surface area contributed by atoms with E-state index in [1.165, 1.54) is 64.3 Å². The first kappa shape index (κ1) is 35.1. The van der Waals surface area contributed by atoms with Crippen LogP contribution in [0.1, 0.15) is 22.3 Å². The van der Waals surface area contributed by atoms with Crippen molar-refractivity contribution in [3.05, 3.63) is 247 Å². The molecule has 290 valence electrons. The minimum Gasteiger partial charge on any atom is -0.456 e. The molecule has 12 aromatic rings. The first-order valence-corrected chi connectivity index (χ1v) is 22.1. The average Bonchev–Trinajstić information content (AvgIpc) is 4.02. The van der Waals surface area contributed by atoms with Gasteiger partial charge in [-0.1, -0.05) is 182 Å². The molecule has 0 unspecified atom stereocenters. The molecule has 0 atom stereocenters. The quantitative estimate of drug-likeness (QED) is 0.166. The molecule has 0 amide bonds. The summed E-state index contributed by atoms with van der Waals surface area (Å²) in [7, 11) is 0. The van der Waals surface area contributed by atoms with Crippen molar-refractivity contribution in [3.63, 3.8) is 0 Å². The highest BCUT2D eigenvalue weighted by Gasteiger charge is 2.47. The van der Waals surface area contributed by atoms with E-state index in [-0.39, 0.29) is 0 Å². The Kier molecular flexibility index (Phi) is 7.72. The fraction of sp³-hybridized carbons (Fsp3) is 0.0169. The van der Waals surface area contributed by atoms with Gasteiger partial charge in [0.25, 0.3) is 0 Å². The van der Waals surface area contributed by atoms with Crippen LogP contribution < -0.4 is 4.90 Å². The Hall–Kier alpha value is -7.72. The molecule has 10 aromatic carbocycles. The highest BCUT2D eigenvalue weighted by Crippen LogP contribution is 2.60. The van der Waals surface area contributed by atoms with E-state index in [9.17, 15) is 0 Å². The van der Waals surface area contributed by atoms with Gasteiger partial charge in [0.05, 0.1) is 21.5 Å². The van der Waals surface area contributed by atoms with Crippen molar-refractivity contribution in [3.8, 4) is 22.3 Å². The average molecular weight is 808 g/mol. The normalized spacial score (nSPS) is 13.0. The predicted molar refractivity (Wildman–Crippen MR) is 262 cm³/mol. The Morgan fingerprint density at radius 2 is 1.00 bits per heavy atom. The van der Waals surface area contributed by atoms with Crippen LogP contribution >= 0.6 is 11.3 Å². The topological polar surface area (TPSA) is 16.4 Å². The van der Waals surface area contributed by atoms with Crippen LogP contribution in [0.15, 0.2) is 229 Å². The summed E-state index contributed by atoms with van der Waals surface area (Å²) in [5.74, 6) is 0. The molecule has 0 radical (unpaired) electrons. The number of para-hydroxylation sites is 1. The summed E-state index contributed by atoms with van der Waals surface area (Å²) in [6, 6.07) is 82.4.